The first-order chi connectivity index (χ1) is 34.6. The zero-order valence-corrected chi connectivity index (χ0v) is 42.6. The molecule has 0 saturated carbocycles. The lowest BCUT2D eigenvalue weighted by atomic mass is 9.95. The Morgan fingerprint density at radius 2 is 1.66 bits per heavy atom. The van der Waals surface area contributed by atoms with Crippen molar-refractivity contribution in [1.29, 1.82) is 0 Å². The van der Waals surface area contributed by atoms with Crippen molar-refractivity contribution in [2.24, 2.45) is 38.7 Å². The highest BCUT2D eigenvalue weighted by Crippen LogP contribution is 2.24. The van der Waals surface area contributed by atoms with E-state index < -0.39 is 144 Å². The molecule has 9 unspecified atom stereocenters. The number of carbonyl (C=O) groups is 9. The number of carbonyl (C=O) groups excluding carboxylic acids is 8. The van der Waals surface area contributed by atoms with E-state index in [9.17, 15) is 53.4 Å². The zero-order chi connectivity index (χ0) is 55.5. The monoisotopic (exact) mass is 1050 g/mol. The Morgan fingerprint density at radius 3 is 2.30 bits per heavy atom. The quantitative estimate of drug-likeness (QED) is 0.0234. The van der Waals surface area contributed by atoms with Gasteiger partial charge in [0.2, 0.25) is 47.3 Å². The minimum Gasteiger partial charge on any atom is -0.481 e. The van der Waals surface area contributed by atoms with Gasteiger partial charge in [-0.3, -0.25) is 48.1 Å². The number of hydrogen-bond donors (Lipinski definition) is 16. The number of likely N-dealkylation sites (tertiary alicyclic amines) is 1. The molecule has 414 valence electrons. The number of nitrogens with one attached hydrogen (secondary N) is 8. The average molecular weight is 1050 g/mol. The Kier molecular flexibility index (Phi) is 23.4. The summed E-state index contributed by atoms with van der Waals surface area (Å²) in [6.45, 7) is 9.56. The predicted octanol–water partition coefficient (Wildman–Crippen LogP) is -5.62. The molecule has 8 amide bonds. The van der Waals surface area contributed by atoms with E-state index >= 15 is 0 Å². The van der Waals surface area contributed by atoms with Gasteiger partial charge in [0.15, 0.2) is 11.9 Å². The number of aliphatic hydroxyl groups excluding tert-OH is 2. The molecule has 3 rings (SSSR count). The van der Waals surface area contributed by atoms with E-state index in [0.717, 1.165) is 19.3 Å². The predicted molar refractivity (Wildman–Crippen MR) is 267 cm³/mol. The molecule has 2 fully saturated rings. The smallest absolute Gasteiger partial charge is 0.305 e. The molecule has 2 saturated heterocycles. The molecule has 3 heterocycles. The number of hydrogen-bond acceptors (Lipinski definition) is 15. The lowest BCUT2D eigenvalue weighted by Crippen LogP contribution is -2.62. The van der Waals surface area contributed by atoms with Crippen LogP contribution in [0.5, 0.6) is 0 Å². The standard InChI is InChI=1S/C45H77N17O12/c1-23-36(41(74)62-14-8-9-30(62)31(64)19-33(66)52-13-10-25(63)20-45(4,5)61-43(50)53-12-7-6-11-44(2,3)60-42(48)49)59-40(73)28(17-32(47)65)57-39(72)29(18-34(67)55-23)58-38(71)27(15-24-21-51-22-54-24)56-37(70)26(46)16-35(68)69/h21-23,25-31,36,63-64H,6-20,46H2,1-5H3,(H2,47,65)(H,51,54)(H,52,66)(H,55,67)(H,56,70)(H,57,72)(H,58,71)(H,59,73)(H,68,69)(H4,48,49,60)(H3,50,53,61). The van der Waals surface area contributed by atoms with Gasteiger partial charge < -0.3 is 91.1 Å². The largest absolute Gasteiger partial charge is 0.481 e. The Bertz CT molecular complexity index is 2180. The van der Waals surface area contributed by atoms with Crippen molar-refractivity contribution in [3.8, 4) is 0 Å². The summed E-state index contributed by atoms with van der Waals surface area (Å²) >= 11 is 0. The average Bonchev–Trinajstić information content (AvgIpc) is 3.98. The van der Waals surface area contributed by atoms with Gasteiger partial charge in [0.25, 0.3) is 0 Å². The molecule has 2 aliphatic rings. The minimum atomic E-state index is -1.76. The first-order valence-corrected chi connectivity index (χ1v) is 24.4. The molecule has 0 aliphatic carbocycles. The van der Waals surface area contributed by atoms with Crippen LogP contribution in [0.15, 0.2) is 22.5 Å². The van der Waals surface area contributed by atoms with Crippen LogP contribution in [0.3, 0.4) is 0 Å². The maximum Gasteiger partial charge on any atom is 0.305 e. The summed E-state index contributed by atoms with van der Waals surface area (Å²) in [5.74, 6) is -8.67. The number of unbranched alkanes of at least 4 members (excludes halogenated alkanes) is 1. The van der Waals surface area contributed by atoms with Crippen molar-refractivity contribution >= 4 is 65.1 Å². The van der Waals surface area contributed by atoms with Gasteiger partial charge >= 0.3 is 5.97 Å². The molecule has 29 nitrogen and oxygen atoms in total. The molecule has 2 aliphatic heterocycles. The van der Waals surface area contributed by atoms with Gasteiger partial charge in [-0.25, -0.2) is 9.98 Å². The second-order valence-electron chi connectivity index (χ2n) is 20.0. The fraction of sp³-hybridized carbons (Fsp3) is 0.689. The van der Waals surface area contributed by atoms with Crippen LogP contribution in [0.25, 0.3) is 0 Å². The van der Waals surface area contributed by atoms with Crippen LogP contribution in [-0.4, -0.2) is 181 Å². The highest BCUT2D eigenvalue weighted by atomic mass is 16.4. The molecular weight excluding hydrogens is 971 g/mol. The lowest BCUT2D eigenvalue weighted by molar-refractivity contribution is -0.141. The van der Waals surface area contributed by atoms with Gasteiger partial charge in [-0.15, -0.1) is 0 Å². The lowest BCUT2D eigenvalue weighted by Gasteiger charge is -2.34. The number of nitrogens with zero attached hydrogens (tertiary/aromatic N) is 4. The van der Waals surface area contributed by atoms with Crippen molar-refractivity contribution in [2.75, 3.05) is 19.6 Å². The first kappa shape index (κ1) is 61.2. The van der Waals surface area contributed by atoms with Gasteiger partial charge in [-0.2, -0.15) is 0 Å². The van der Waals surface area contributed by atoms with E-state index in [4.69, 9.17) is 33.8 Å². The molecule has 0 spiro atoms. The number of aliphatic imine (C=N–C) groups is 2. The Labute approximate surface area is 428 Å². The number of H-pyrrole nitrogens is 1. The molecule has 0 radical (unpaired) electrons. The number of aliphatic carboxylic acids is 1. The summed E-state index contributed by atoms with van der Waals surface area (Å²) < 4.78 is 0. The number of guanidine groups is 2. The second kappa shape index (κ2) is 28.3. The highest BCUT2D eigenvalue weighted by molar-refractivity contribution is 6.00. The molecular formula is C45H77N17O12. The number of nitrogens with two attached hydrogens (primary N) is 5. The molecule has 0 bridgehead atoms. The van der Waals surface area contributed by atoms with Crippen LogP contribution >= 0.6 is 0 Å². The number of imidazole rings is 1. The Hall–Kier alpha value is -7.14. The van der Waals surface area contributed by atoms with Gasteiger partial charge in [0.1, 0.15) is 24.2 Å². The summed E-state index contributed by atoms with van der Waals surface area (Å²) in [6.07, 6.45) is 0.752. The number of aromatic amines is 1. The number of aromatic nitrogens is 2. The van der Waals surface area contributed by atoms with E-state index in [1.165, 1.54) is 24.3 Å². The topological polar surface area (TPSA) is 485 Å². The van der Waals surface area contributed by atoms with Crippen LogP contribution in [-0.2, 0) is 49.6 Å². The number of aliphatic hydroxyl groups is 2. The molecule has 0 aromatic carbocycles. The van der Waals surface area contributed by atoms with Crippen molar-refractivity contribution in [2.45, 2.75) is 177 Å². The summed E-state index contributed by atoms with van der Waals surface area (Å²) in [4.78, 5) is 135. The maximum atomic E-state index is 14.4. The minimum absolute atomic E-state index is 0.0324. The number of carboxylic acids is 1. The fourth-order valence-corrected chi connectivity index (χ4v) is 8.61. The molecule has 29 heteroatoms. The number of primary amides is 1. The van der Waals surface area contributed by atoms with Crippen LogP contribution in [0.2, 0.25) is 0 Å². The summed E-state index contributed by atoms with van der Waals surface area (Å²) in [6, 6.07) is -10.3. The molecule has 21 N–H and O–H groups in total. The zero-order valence-electron chi connectivity index (χ0n) is 42.6. The molecule has 74 heavy (non-hydrogen) atoms. The van der Waals surface area contributed by atoms with Crippen molar-refractivity contribution in [3.63, 3.8) is 0 Å². The van der Waals surface area contributed by atoms with Crippen molar-refractivity contribution in [3.05, 3.63) is 18.2 Å². The van der Waals surface area contributed by atoms with E-state index in [1.54, 1.807) is 0 Å². The third-order valence-corrected chi connectivity index (χ3v) is 12.2. The SMILES string of the molecule is CC1NC(=O)CC(NC(=O)C(Cc2cnc[nH]2)NC(=O)C(N)CC(=O)O)C(=O)NC(CC(N)=O)C(=O)NC1C(=O)N1CCCC1C(O)CC(=O)NCCC(O)CC(C)(C)NC(N)=NCCCCC(C)(C)N=C(N)N. The van der Waals surface area contributed by atoms with Gasteiger partial charge in [0, 0.05) is 43.5 Å². The van der Waals surface area contributed by atoms with Gasteiger partial charge in [-0.1, -0.05) is 0 Å². The first-order valence-electron chi connectivity index (χ1n) is 24.4. The summed E-state index contributed by atoms with van der Waals surface area (Å²) in [7, 11) is 0. The maximum absolute atomic E-state index is 14.4. The van der Waals surface area contributed by atoms with Crippen molar-refractivity contribution < 1.29 is 58.5 Å². The van der Waals surface area contributed by atoms with Crippen LogP contribution in [0.1, 0.15) is 111 Å². The Morgan fingerprint density at radius 1 is 0.959 bits per heavy atom. The fourth-order valence-electron chi connectivity index (χ4n) is 8.61. The molecule has 1 aromatic heterocycles. The normalized spacial score (nSPS) is 21.5. The number of amides is 8. The Balaban J connectivity index is 1.65. The number of rotatable bonds is 26. The van der Waals surface area contributed by atoms with Crippen molar-refractivity contribution in [1.82, 2.24) is 52.1 Å². The third-order valence-electron chi connectivity index (χ3n) is 12.2. The second-order valence-corrected chi connectivity index (χ2v) is 20.0. The van der Waals surface area contributed by atoms with Crippen LogP contribution in [0, 0.1) is 0 Å². The summed E-state index contributed by atoms with van der Waals surface area (Å²) in [5, 5.41) is 49.1. The summed E-state index contributed by atoms with van der Waals surface area (Å²) in [5.41, 5.74) is 27.5. The van der Waals surface area contributed by atoms with E-state index in [0.29, 0.717) is 18.7 Å². The third kappa shape index (κ3) is 21.1. The van der Waals surface area contributed by atoms with Crippen LogP contribution < -0.4 is 65.9 Å². The highest BCUT2D eigenvalue weighted by Gasteiger charge is 2.42. The van der Waals surface area contributed by atoms with Gasteiger partial charge in [0.05, 0.1) is 67.9 Å². The number of carboxylic acid groups (broad SMARTS) is 1. The molecule has 9 atom stereocenters. The van der Waals surface area contributed by atoms with E-state index in [2.05, 4.69) is 57.2 Å². The molecule has 1 aromatic rings. The van der Waals surface area contributed by atoms with Crippen LogP contribution in [0.4, 0.5) is 0 Å². The van der Waals surface area contributed by atoms with E-state index in [-0.39, 0.29) is 50.7 Å². The van der Waals surface area contributed by atoms with E-state index in [1.807, 2.05) is 27.7 Å². The van der Waals surface area contributed by atoms with Gasteiger partial charge in [-0.05, 0) is 79.6 Å².